The van der Waals surface area contributed by atoms with E-state index >= 15 is 0 Å². The van der Waals surface area contributed by atoms with E-state index in [9.17, 15) is 4.79 Å². The Morgan fingerprint density at radius 1 is 1.18 bits per heavy atom. The molecule has 1 atom stereocenters. The van der Waals surface area contributed by atoms with E-state index in [-0.39, 0.29) is 5.91 Å². The summed E-state index contributed by atoms with van der Waals surface area (Å²) < 4.78 is 0. The largest absolute Gasteiger partial charge is 0.398 e. The van der Waals surface area contributed by atoms with Crippen molar-refractivity contribution in [3.05, 3.63) is 58.6 Å². The Labute approximate surface area is 134 Å². The molecule has 0 saturated carbocycles. The number of anilines is 2. The fraction of sp³-hybridized carbons (Fsp3) is 0.176. The van der Waals surface area contributed by atoms with Gasteiger partial charge in [-0.2, -0.15) is 0 Å². The maximum atomic E-state index is 12.4. The zero-order valence-corrected chi connectivity index (χ0v) is 13.1. The van der Waals surface area contributed by atoms with Crippen LogP contribution in [-0.4, -0.2) is 24.7 Å². The average Bonchev–Trinajstić information content (AvgIpc) is 2.60. The number of rotatable bonds is 1. The van der Waals surface area contributed by atoms with Crippen LogP contribution in [0.5, 0.6) is 0 Å². The Kier molecular flexibility index (Phi) is 3.62. The zero-order valence-electron chi connectivity index (χ0n) is 12.4. The van der Waals surface area contributed by atoms with Crippen LogP contribution in [0.25, 0.3) is 0 Å². The van der Waals surface area contributed by atoms with Crippen LogP contribution in [0.2, 0.25) is 5.02 Å². The first kappa shape index (κ1) is 14.6. The number of fused-ring (bicyclic) bond motifs is 1. The van der Waals surface area contributed by atoms with Crippen molar-refractivity contribution >= 4 is 34.6 Å². The number of likely N-dealkylation sites (N-methyl/N-ethyl adjacent to an activating group) is 1. The molecule has 4 nitrogen and oxygen atoms in total. The lowest BCUT2D eigenvalue weighted by Gasteiger charge is -2.20. The molecule has 5 heteroatoms. The number of amides is 1. The van der Waals surface area contributed by atoms with Crippen molar-refractivity contribution in [3.63, 3.8) is 0 Å². The van der Waals surface area contributed by atoms with Gasteiger partial charge >= 0.3 is 0 Å². The second-order valence-corrected chi connectivity index (χ2v) is 5.68. The molecule has 0 aromatic heterocycles. The van der Waals surface area contributed by atoms with E-state index in [0.29, 0.717) is 16.4 Å². The number of hydrogen-bond donors (Lipinski definition) is 1. The average molecular weight is 314 g/mol. The van der Waals surface area contributed by atoms with Crippen LogP contribution in [0.4, 0.5) is 11.4 Å². The Balaban J connectivity index is 2.34. The minimum Gasteiger partial charge on any atom is -0.398 e. The van der Waals surface area contributed by atoms with E-state index in [0.717, 1.165) is 16.8 Å². The number of hydrogen-bond acceptors (Lipinski definition) is 3. The first-order valence-corrected chi connectivity index (χ1v) is 7.37. The fourth-order valence-electron chi connectivity index (χ4n) is 2.66. The molecule has 1 heterocycles. The van der Waals surface area contributed by atoms with Gasteiger partial charge in [-0.1, -0.05) is 35.9 Å². The van der Waals surface area contributed by atoms with E-state index in [2.05, 4.69) is 4.99 Å². The summed E-state index contributed by atoms with van der Waals surface area (Å²) >= 11 is 6.33. The van der Waals surface area contributed by atoms with Gasteiger partial charge < -0.3 is 10.6 Å². The molecule has 0 saturated heterocycles. The van der Waals surface area contributed by atoms with Gasteiger partial charge in [-0.05, 0) is 25.1 Å². The van der Waals surface area contributed by atoms with Gasteiger partial charge in [-0.25, -0.2) is 0 Å². The lowest BCUT2D eigenvalue weighted by molar-refractivity contribution is -0.119. The lowest BCUT2D eigenvalue weighted by Crippen LogP contribution is -2.33. The molecule has 1 aliphatic rings. The second-order valence-electron chi connectivity index (χ2n) is 5.27. The molecule has 2 aromatic rings. The summed E-state index contributed by atoms with van der Waals surface area (Å²) in [5.41, 5.74) is 9.68. The summed E-state index contributed by atoms with van der Waals surface area (Å²) in [6, 6.07) is 12.5. The molecule has 0 aliphatic carbocycles. The number of nitrogen functional groups attached to an aromatic ring is 1. The maximum Gasteiger partial charge on any atom is 0.251 e. The molecule has 1 amide bonds. The molecule has 112 valence electrons. The minimum atomic E-state index is -0.497. The normalized spacial score (nSPS) is 17.8. The van der Waals surface area contributed by atoms with E-state index < -0.39 is 6.04 Å². The summed E-state index contributed by atoms with van der Waals surface area (Å²) in [6.45, 7) is 1.78. The maximum absolute atomic E-state index is 12.4. The van der Waals surface area contributed by atoms with Gasteiger partial charge in [0.15, 0.2) is 0 Å². The number of benzodiazepines with no additional fused rings is 1. The van der Waals surface area contributed by atoms with Crippen molar-refractivity contribution in [2.45, 2.75) is 13.0 Å². The van der Waals surface area contributed by atoms with Gasteiger partial charge in [0.2, 0.25) is 0 Å². The fourth-order valence-corrected chi connectivity index (χ4v) is 2.89. The number of nitrogens with two attached hydrogens (primary N) is 1. The lowest BCUT2D eigenvalue weighted by atomic mass is 9.98. The van der Waals surface area contributed by atoms with E-state index in [1.807, 2.05) is 30.3 Å². The van der Waals surface area contributed by atoms with Gasteiger partial charge in [-0.3, -0.25) is 9.79 Å². The SMILES string of the molecule is CC1N=C(c2ccccc2Cl)c2c(N)cccc2N(C)C1=O. The Morgan fingerprint density at radius 3 is 2.64 bits per heavy atom. The molecular weight excluding hydrogens is 298 g/mol. The molecule has 1 unspecified atom stereocenters. The van der Waals surface area contributed by atoms with Gasteiger partial charge in [-0.15, -0.1) is 0 Å². The highest BCUT2D eigenvalue weighted by Crippen LogP contribution is 2.33. The van der Waals surface area contributed by atoms with Crippen LogP contribution >= 0.6 is 11.6 Å². The monoisotopic (exact) mass is 313 g/mol. The molecule has 0 fully saturated rings. The first-order valence-electron chi connectivity index (χ1n) is 7.00. The number of carbonyl (C=O) groups is 1. The molecule has 2 aromatic carbocycles. The topological polar surface area (TPSA) is 58.7 Å². The van der Waals surface area contributed by atoms with E-state index in [1.54, 1.807) is 31.0 Å². The third-order valence-electron chi connectivity index (χ3n) is 3.81. The van der Waals surface area contributed by atoms with Crippen LogP contribution in [0, 0.1) is 0 Å². The Morgan fingerprint density at radius 2 is 1.91 bits per heavy atom. The summed E-state index contributed by atoms with van der Waals surface area (Å²) in [6.07, 6.45) is 0. The quantitative estimate of drug-likeness (QED) is 0.822. The number of benzene rings is 2. The summed E-state index contributed by atoms with van der Waals surface area (Å²) in [4.78, 5) is 18.6. The van der Waals surface area contributed by atoms with Crippen LogP contribution in [0.15, 0.2) is 47.5 Å². The number of carbonyl (C=O) groups excluding carboxylic acids is 1. The van der Waals surface area contributed by atoms with Crippen LogP contribution in [-0.2, 0) is 4.79 Å². The van der Waals surface area contributed by atoms with Crippen LogP contribution in [0.1, 0.15) is 18.1 Å². The third-order valence-corrected chi connectivity index (χ3v) is 4.14. The van der Waals surface area contributed by atoms with E-state index in [1.165, 1.54) is 0 Å². The summed E-state index contributed by atoms with van der Waals surface area (Å²) in [5.74, 6) is -0.0751. The molecule has 0 radical (unpaired) electrons. The summed E-state index contributed by atoms with van der Waals surface area (Å²) in [7, 11) is 1.74. The smallest absolute Gasteiger partial charge is 0.251 e. The molecule has 3 rings (SSSR count). The van der Waals surface area contributed by atoms with E-state index in [4.69, 9.17) is 17.3 Å². The highest BCUT2D eigenvalue weighted by molar-refractivity contribution is 6.36. The van der Waals surface area contributed by atoms with Gasteiger partial charge in [0.1, 0.15) is 6.04 Å². The van der Waals surface area contributed by atoms with Crippen molar-refractivity contribution in [2.75, 3.05) is 17.7 Å². The van der Waals surface area contributed by atoms with Crippen molar-refractivity contribution < 1.29 is 4.79 Å². The first-order chi connectivity index (χ1) is 10.5. The van der Waals surface area contributed by atoms with Crippen molar-refractivity contribution in [2.24, 2.45) is 4.99 Å². The van der Waals surface area contributed by atoms with Gasteiger partial charge in [0.05, 0.1) is 11.4 Å². The van der Waals surface area contributed by atoms with Crippen molar-refractivity contribution in [1.82, 2.24) is 0 Å². The predicted octanol–water partition coefficient (Wildman–Crippen LogP) is 3.12. The highest BCUT2D eigenvalue weighted by Gasteiger charge is 2.29. The number of aliphatic imine (C=N–C) groups is 1. The number of nitrogens with zero attached hydrogens (tertiary/aromatic N) is 2. The summed E-state index contributed by atoms with van der Waals surface area (Å²) in [5, 5.41) is 0.583. The third kappa shape index (κ3) is 2.25. The molecule has 0 spiro atoms. The minimum absolute atomic E-state index is 0.0751. The standard InChI is InChI=1S/C17H16ClN3O/c1-10-17(22)21(2)14-9-5-8-13(19)15(14)16(20-10)11-6-3-4-7-12(11)18/h3-10H,19H2,1-2H3. The van der Waals surface area contributed by atoms with Gasteiger partial charge in [0, 0.05) is 28.9 Å². The van der Waals surface area contributed by atoms with Gasteiger partial charge in [0.25, 0.3) is 5.91 Å². The zero-order chi connectivity index (χ0) is 15.9. The van der Waals surface area contributed by atoms with Crippen LogP contribution in [0.3, 0.4) is 0 Å². The molecule has 2 N–H and O–H groups in total. The Hall–Kier alpha value is -2.33. The molecule has 22 heavy (non-hydrogen) atoms. The second kappa shape index (κ2) is 5.46. The highest BCUT2D eigenvalue weighted by atomic mass is 35.5. The molecule has 1 aliphatic heterocycles. The Bertz CT molecular complexity index is 785. The molecule has 0 bridgehead atoms. The van der Waals surface area contributed by atoms with Crippen molar-refractivity contribution in [1.29, 1.82) is 0 Å². The van der Waals surface area contributed by atoms with Crippen molar-refractivity contribution in [3.8, 4) is 0 Å². The molecular formula is C17H16ClN3O. The number of halogens is 1. The van der Waals surface area contributed by atoms with Crippen LogP contribution < -0.4 is 10.6 Å². The predicted molar refractivity (Wildman–Crippen MR) is 90.8 cm³/mol.